The van der Waals surface area contributed by atoms with Gasteiger partial charge in [0.15, 0.2) is 0 Å². The summed E-state index contributed by atoms with van der Waals surface area (Å²) in [5.41, 5.74) is 1.99. The van der Waals surface area contributed by atoms with Gasteiger partial charge in [-0.15, -0.1) is 11.3 Å². The van der Waals surface area contributed by atoms with Crippen LogP contribution in [-0.2, 0) is 28.9 Å². The number of amides is 3. The molecule has 2 N–H and O–H groups in total. The summed E-state index contributed by atoms with van der Waals surface area (Å²) in [6, 6.07) is 5.78. The van der Waals surface area contributed by atoms with Crippen molar-refractivity contribution in [2.24, 2.45) is 17.8 Å². The first-order valence-corrected chi connectivity index (χ1v) is 18.4. The molecule has 3 amide bonds. The van der Waals surface area contributed by atoms with Crippen molar-refractivity contribution in [3.8, 4) is 11.5 Å². The normalized spacial score (nSPS) is 20.5. The number of benzene rings is 1. The lowest BCUT2D eigenvalue weighted by molar-refractivity contribution is -0.117. The Balaban J connectivity index is 1.27. The number of thiocarbonyl (C=S) groups is 1. The molecule has 1 saturated heterocycles. The van der Waals surface area contributed by atoms with Crippen molar-refractivity contribution >= 4 is 51.5 Å². The van der Waals surface area contributed by atoms with E-state index in [0.717, 1.165) is 65.9 Å². The van der Waals surface area contributed by atoms with E-state index in [0.29, 0.717) is 60.6 Å². The Morgan fingerprint density at radius 2 is 1.81 bits per heavy atom. The molecule has 2 saturated carbocycles. The van der Waals surface area contributed by atoms with Crippen molar-refractivity contribution in [3.63, 3.8) is 0 Å². The highest BCUT2D eigenvalue weighted by Crippen LogP contribution is 2.42. The lowest BCUT2D eigenvalue weighted by Gasteiger charge is -2.37. The molecule has 0 spiro atoms. The molecule has 0 unspecified atom stereocenters. The number of nitrogens with one attached hydrogen (secondary N) is 2. The third kappa shape index (κ3) is 8.07. The number of methoxy groups -OCH3 is 2. The molecule has 6 rings (SSSR count). The predicted octanol–water partition coefficient (Wildman–Crippen LogP) is 6.20. The van der Waals surface area contributed by atoms with E-state index in [9.17, 15) is 14.4 Å². The van der Waals surface area contributed by atoms with Crippen molar-refractivity contribution < 1.29 is 28.6 Å². The minimum absolute atomic E-state index is 0.00360. The molecule has 48 heavy (non-hydrogen) atoms. The SMILES string of the molecule is COc1ccc(CN(C(=S)[C@H]2CCc3sc(NC(=O)C4CC4)c(C(=O)NCC4CC4)c3C2)[C@H]2CCN(C(=O)OC(C)(C)C)C2)c(OC)c1. The van der Waals surface area contributed by atoms with Gasteiger partial charge in [-0.2, -0.15) is 0 Å². The number of anilines is 1. The summed E-state index contributed by atoms with van der Waals surface area (Å²) in [5, 5.41) is 6.93. The summed E-state index contributed by atoms with van der Waals surface area (Å²) < 4.78 is 16.9. The monoisotopic (exact) mass is 696 g/mol. The van der Waals surface area contributed by atoms with Crippen LogP contribution in [-0.4, -0.2) is 78.2 Å². The first-order chi connectivity index (χ1) is 22.9. The quantitative estimate of drug-likeness (QED) is 0.268. The number of ether oxygens (including phenoxy) is 3. The Morgan fingerprint density at radius 1 is 1.04 bits per heavy atom. The summed E-state index contributed by atoms with van der Waals surface area (Å²) in [6.07, 6.45) is 6.76. The average molecular weight is 697 g/mol. The molecule has 2 aromatic rings. The zero-order valence-corrected chi connectivity index (χ0v) is 30.3. The smallest absolute Gasteiger partial charge is 0.410 e. The Hall–Kier alpha value is -3.38. The van der Waals surface area contributed by atoms with E-state index >= 15 is 0 Å². The van der Waals surface area contributed by atoms with Gasteiger partial charge in [0.1, 0.15) is 22.1 Å². The molecule has 3 fully saturated rings. The van der Waals surface area contributed by atoms with Crippen molar-refractivity contribution in [2.45, 2.75) is 90.3 Å². The molecule has 0 bridgehead atoms. The summed E-state index contributed by atoms with van der Waals surface area (Å²) in [6.45, 7) is 7.86. The van der Waals surface area contributed by atoms with Crippen LogP contribution in [0.15, 0.2) is 18.2 Å². The van der Waals surface area contributed by atoms with Crippen LogP contribution in [0.1, 0.15) is 85.7 Å². The van der Waals surface area contributed by atoms with Crippen molar-refractivity contribution in [1.82, 2.24) is 15.1 Å². The van der Waals surface area contributed by atoms with Crippen LogP contribution in [0, 0.1) is 17.8 Å². The average Bonchev–Trinajstić information content (AvgIpc) is 3.99. The number of thiophene rings is 1. The Labute approximate surface area is 292 Å². The van der Waals surface area contributed by atoms with Crippen LogP contribution < -0.4 is 20.1 Å². The third-order valence-corrected chi connectivity index (χ3v) is 11.4. The van der Waals surface area contributed by atoms with Crippen LogP contribution >= 0.6 is 23.6 Å². The molecule has 0 radical (unpaired) electrons. The fourth-order valence-corrected chi connectivity index (χ4v) is 8.27. The van der Waals surface area contributed by atoms with Gasteiger partial charge in [-0.25, -0.2) is 4.79 Å². The zero-order valence-electron chi connectivity index (χ0n) is 28.7. The second kappa shape index (κ2) is 14.2. The lowest BCUT2D eigenvalue weighted by Crippen LogP contribution is -2.45. The van der Waals surface area contributed by atoms with Crippen molar-refractivity contribution in [3.05, 3.63) is 39.8 Å². The Morgan fingerprint density at radius 3 is 2.48 bits per heavy atom. The van der Waals surface area contributed by atoms with E-state index in [4.69, 9.17) is 26.4 Å². The van der Waals surface area contributed by atoms with E-state index in [1.165, 1.54) is 0 Å². The number of hydrogen-bond donors (Lipinski definition) is 2. The fourth-order valence-electron chi connectivity index (χ4n) is 6.61. The molecule has 260 valence electrons. The number of aryl methyl sites for hydroxylation is 1. The van der Waals surface area contributed by atoms with Crippen LogP contribution in [0.2, 0.25) is 0 Å². The van der Waals surface area contributed by atoms with Gasteiger partial charge in [-0.3, -0.25) is 9.59 Å². The van der Waals surface area contributed by atoms with Gasteiger partial charge in [0.25, 0.3) is 5.91 Å². The largest absolute Gasteiger partial charge is 0.497 e. The highest BCUT2D eigenvalue weighted by atomic mass is 32.1. The molecule has 2 atom stereocenters. The maximum atomic E-state index is 13.7. The maximum Gasteiger partial charge on any atom is 0.410 e. The summed E-state index contributed by atoms with van der Waals surface area (Å²) in [7, 11) is 3.28. The Bertz CT molecular complexity index is 1560. The molecule has 1 aromatic carbocycles. The molecule has 2 heterocycles. The van der Waals surface area contributed by atoms with Gasteiger partial charge in [0.05, 0.1) is 24.8 Å². The van der Waals surface area contributed by atoms with Gasteiger partial charge in [-0.1, -0.05) is 12.2 Å². The maximum absolute atomic E-state index is 13.7. The summed E-state index contributed by atoms with van der Waals surface area (Å²) in [5.74, 6) is 1.90. The van der Waals surface area contributed by atoms with E-state index < -0.39 is 5.60 Å². The number of fused-ring (bicyclic) bond motifs is 1. The number of carbonyl (C=O) groups excluding carboxylic acids is 3. The first kappa shape index (κ1) is 34.5. The number of rotatable bonds is 11. The first-order valence-electron chi connectivity index (χ1n) is 17.2. The highest BCUT2D eigenvalue weighted by molar-refractivity contribution is 7.80. The van der Waals surface area contributed by atoms with Gasteiger partial charge >= 0.3 is 6.09 Å². The van der Waals surface area contributed by atoms with Gasteiger partial charge in [0, 0.05) is 60.6 Å². The van der Waals surface area contributed by atoms with E-state index in [1.807, 2.05) is 39.0 Å². The second-order valence-corrected chi connectivity index (χ2v) is 16.1. The molecular weight excluding hydrogens is 649 g/mol. The number of hydrogen-bond acceptors (Lipinski definition) is 8. The van der Waals surface area contributed by atoms with Gasteiger partial charge < -0.3 is 34.6 Å². The Kier molecular flexibility index (Phi) is 10.2. The highest BCUT2D eigenvalue weighted by Gasteiger charge is 2.39. The summed E-state index contributed by atoms with van der Waals surface area (Å²) in [4.78, 5) is 45.6. The topological polar surface area (TPSA) is 109 Å². The van der Waals surface area contributed by atoms with Crippen LogP contribution in [0.25, 0.3) is 0 Å². The lowest BCUT2D eigenvalue weighted by atomic mass is 9.85. The zero-order chi connectivity index (χ0) is 34.2. The van der Waals surface area contributed by atoms with Crippen LogP contribution in [0.3, 0.4) is 0 Å². The molecular formula is C36H48N4O6S2. The minimum atomic E-state index is -0.583. The molecule has 1 aromatic heterocycles. The number of nitrogens with zero attached hydrogens (tertiary/aromatic N) is 2. The number of carbonyl (C=O) groups is 3. The standard InChI is InChI=1S/C36H48N4O6S2/c1-36(2,3)46-35(43)39-15-14-25(20-39)40(19-24-10-12-26(44-4)17-28(24)45-5)34(47)23-11-13-29-27(16-23)30(32(42)37-18-21-6-7-21)33(48-29)38-31(41)22-8-9-22/h10,12,17,21-23,25H,6-9,11,13-16,18-20H2,1-5H3,(H,37,42)(H,38,41)/t23-,25-/m0/s1. The minimum Gasteiger partial charge on any atom is -0.497 e. The predicted molar refractivity (Wildman–Crippen MR) is 190 cm³/mol. The van der Waals surface area contributed by atoms with Gasteiger partial charge in [0.2, 0.25) is 5.91 Å². The molecule has 12 heteroatoms. The molecule has 1 aliphatic heterocycles. The summed E-state index contributed by atoms with van der Waals surface area (Å²) >= 11 is 7.91. The van der Waals surface area contributed by atoms with E-state index in [1.54, 1.807) is 30.5 Å². The fraction of sp³-hybridized carbons (Fsp3) is 0.611. The van der Waals surface area contributed by atoms with Crippen molar-refractivity contribution in [2.75, 3.05) is 39.2 Å². The number of likely N-dealkylation sites (tertiary alicyclic amines) is 1. The second-order valence-electron chi connectivity index (χ2n) is 14.6. The molecule has 3 aliphatic carbocycles. The molecule has 10 nitrogen and oxygen atoms in total. The molecule has 4 aliphatic rings. The third-order valence-electron chi connectivity index (χ3n) is 9.64. The van der Waals surface area contributed by atoms with Crippen molar-refractivity contribution in [1.29, 1.82) is 0 Å². The van der Waals surface area contributed by atoms with Crippen LogP contribution in [0.5, 0.6) is 11.5 Å². The van der Waals surface area contributed by atoms with E-state index in [-0.39, 0.29) is 35.8 Å². The van der Waals surface area contributed by atoms with Gasteiger partial charge in [-0.05, 0) is 95.8 Å². The van der Waals surface area contributed by atoms with Crippen LogP contribution in [0.4, 0.5) is 9.80 Å². The van der Waals surface area contributed by atoms with E-state index in [2.05, 4.69) is 15.5 Å².